The van der Waals surface area contributed by atoms with Crippen molar-refractivity contribution in [2.45, 2.75) is 26.8 Å². The highest BCUT2D eigenvalue weighted by Gasteiger charge is 2.10. The van der Waals surface area contributed by atoms with Crippen LogP contribution in [0.3, 0.4) is 0 Å². The fraction of sp³-hybridized carbons (Fsp3) is 0.312. The number of carbonyl (C=O) groups excluding carboxylic acids is 1. The number of amides is 1. The van der Waals surface area contributed by atoms with Crippen molar-refractivity contribution in [1.29, 1.82) is 0 Å². The van der Waals surface area contributed by atoms with E-state index in [9.17, 15) is 4.79 Å². The zero-order chi connectivity index (χ0) is 14.5. The molecule has 2 rings (SSSR count). The van der Waals surface area contributed by atoms with Crippen molar-refractivity contribution in [3.63, 3.8) is 0 Å². The number of hydrogen-bond acceptors (Lipinski definition) is 3. The van der Waals surface area contributed by atoms with Gasteiger partial charge >= 0.3 is 0 Å². The fourth-order valence-corrected chi connectivity index (χ4v) is 3.06. The van der Waals surface area contributed by atoms with E-state index in [0.29, 0.717) is 12.1 Å². The molecule has 0 saturated carbocycles. The average Bonchev–Trinajstić information content (AvgIpc) is 2.86. The molecule has 0 aliphatic heterocycles. The quantitative estimate of drug-likeness (QED) is 0.873. The third kappa shape index (κ3) is 3.39. The molecule has 20 heavy (non-hydrogen) atoms. The number of thiophene rings is 1. The molecule has 0 bridgehead atoms. The Hall–Kier alpha value is -1.81. The number of benzene rings is 1. The Morgan fingerprint density at radius 1 is 1.25 bits per heavy atom. The van der Waals surface area contributed by atoms with Crippen LogP contribution in [0.2, 0.25) is 0 Å². The minimum atomic E-state index is -0.0267. The lowest BCUT2D eigenvalue weighted by Gasteiger charge is -2.15. The van der Waals surface area contributed by atoms with Crippen LogP contribution in [0, 0.1) is 6.92 Å². The lowest BCUT2D eigenvalue weighted by Crippen LogP contribution is -2.22. The molecule has 0 fully saturated rings. The van der Waals surface area contributed by atoms with Gasteiger partial charge in [-0.2, -0.15) is 0 Å². The van der Waals surface area contributed by atoms with Crippen LogP contribution in [0.5, 0.6) is 0 Å². The lowest BCUT2D eigenvalue weighted by atomic mass is 10.1. The van der Waals surface area contributed by atoms with Gasteiger partial charge in [0, 0.05) is 22.7 Å². The van der Waals surface area contributed by atoms with Crippen LogP contribution in [0.4, 0.5) is 5.69 Å². The van der Waals surface area contributed by atoms with Crippen molar-refractivity contribution in [1.82, 2.24) is 5.32 Å². The minimum Gasteiger partial charge on any atom is -0.378 e. The highest BCUT2D eigenvalue weighted by molar-refractivity contribution is 7.10. The maximum Gasteiger partial charge on any atom is 0.251 e. The summed E-state index contributed by atoms with van der Waals surface area (Å²) in [5.74, 6) is -0.0267. The molecule has 0 aliphatic carbocycles. The van der Waals surface area contributed by atoms with E-state index in [-0.39, 0.29) is 11.9 Å². The summed E-state index contributed by atoms with van der Waals surface area (Å²) in [6, 6.07) is 10.00. The van der Waals surface area contributed by atoms with Crippen LogP contribution in [0.25, 0.3) is 0 Å². The molecular formula is C16H20N2OS. The summed E-state index contributed by atoms with van der Waals surface area (Å²) >= 11 is 1.76. The molecule has 4 heteroatoms. The summed E-state index contributed by atoms with van der Waals surface area (Å²) in [5.41, 5.74) is 3.03. The molecule has 1 atom stereocenters. The Bertz CT molecular complexity index is 574. The van der Waals surface area contributed by atoms with Crippen molar-refractivity contribution in [2.75, 3.05) is 11.9 Å². The molecule has 0 spiro atoms. The van der Waals surface area contributed by atoms with Crippen molar-refractivity contribution >= 4 is 22.9 Å². The van der Waals surface area contributed by atoms with Gasteiger partial charge in [0.05, 0.1) is 6.04 Å². The Morgan fingerprint density at radius 2 is 1.95 bits per heavy atom. The van der Waals surface area contributed by atoms with Gasteiger partial charge in [0.2, 0.25) is 0 Å². The van der Waals surface area contributed by atoms with E-state index < -0.39 is 0 Å². The lowest BCUT2D eigenvalue weighted by molar-refractivity contribution is 0.0956. The zero-order valence-electron chi connectivity index (χ0n) is 12.1. The molecule has 1 heterocycles. The standard InChI is InChI=1S/C16H20N2OS/c1-4-17-16(19)13-5-7-14(8-6-13)18-12(3)15-11(2)9-10-20-15/h5-10,12,18H,4H2,1-3H3,(H,17,19). The van der Waals surface area contributed by atoms with Crippen molar-refractivity contribution < 1.29 is 4.79 Å². The SMILES string of the molecule is CCNC(=O)c1ccc(NC(C)c2sccc2C)cc1. The fourth-order valence-electron chi connectivity index (χ4n) is 2.12. The molecule has 0 radical (unpaired) electrons. The smallest absolute Gasteiger partial charge is 0.251 e. The van der Waals surface area contributed by atoms with Gasteiger partial charge in [0.25, 0.3) is 5.91 Å². The first-order valence-corrected chi connectivity index (χ1v) is 7.68. The van der Waals surface area contributed by atoms with Crippen LogP contribution in [-0.2, 0) is 0 Å². The second-order valence-corrected chi connectivity index (χ2v) is 5.72. The van der Waals surface area contributed by atoms with Gasteiger partial charge in [-0.25, -0.2) is 0 Å². The van der Waals surface area contributed by atoms with Crippen molar-refractivity contribution in [3.05, 3.63) is 51.7 Å². The summed E-state index contributed by atoms with van der Waals surface area (Å²) in [6.07, 6.45) is 0. The average molecular weight is 288 g/mol. The van der Waals surface area contributed by atoms with Gasteiger partial charge in [-0.3, -0.25) is 4.79 Å². The first-order valence-electron chi connectivity index (χ1n) is 6.80. The first kappa shape index (κ1) is 14.6. The number of anilines is 1. The third-order valence-electron chi connectivity index (χ3n) is 3.16. The topological polar surface area (TPSA) is 41.1 Å². The van der Waals surface area contributed by atoms with Gasteiger partial charge in [-0.05, 0) is 62.0 Å². The minimum absolute atomic E-state index is 0.0267. The zero-order valence-corrected chi connectivity index (χ0v) is 12.9. The van der Waals surface area contributed by atoms with Gasteiger partial charge in [0.1, 0.15) is 0 Å². The second kappa shape index (κ2) is 6.57. The van der Waals surface area contributed by atoms with Crippen LogP contribution in [0.15, 0.2) is 35.7 Å². The molecule has 0 aliphatic rings. The van der Waals surface area contributed by atoms with E-state index in [1.165, 1.54) is 10.4 Å². The first-order chi connectivity index (χ1) is 9.61. The molecular weight excluding hydrogens is 268 g/mol. The molecule has 2 N–H and O–H groups in total. The van der Waals surface area contributed by atoms with E-state index in [1.807, 2.05) is 31.2 Å². The molecule has 106 valence electrons. The normalized spacial score (nSPS) is 11.9. The summed E-state index contributed by atoms with van der Waals surface area (Å²) < 4.78 is 0. The Labute approximate surface area is 124 Å². The molecule has 2 aromatic rings. The number of rotatable bonds is 5. The second-order valence-electron chi connectivity index (χ2n) is 4.77. The Kier molecular flexibility index (Phi) is 4.79. The van der Waals surface area contributed by atoms with Crippen molar-refractivity contribution in [3.8, 4) is 0 Å². The largest absolute Gasteiger partial charge is 0.378 e. The van der Waals surface area contributed by atoms with E-state index in [2.05, 4.69) is 35.9 Å². The molecule has 0 saturated heterocycles. The summed E-state index contributed by atoms with van der Waals surface area (Å²) in [4.78, 5) is 13.0. The maximum absolute atomic E-state index is 11.7. The third-order valence-corrected chi connectivity index (χ3v) is 4.36. The van der Waals surface area contributed by atoms with E-state index in [1.54, 1.807) is 11.3 Å². The van der Waals surface area contributed by atoms with Crippen LogP contribution in [-0.4, -0.2) is 12.5 Å². The van der Waals surface area contributed by atoms with Crippen molar-refractivity contribution in [2.24, 2.45) is 0 Å². The summed E-state index contributed by atoms with van der Waals surface area (Å²) in [5, 5.41) is 8.37. The van der Waals surface area contributed by atoms with Crippen LogP contribution < -0.4 is 10.6 Å². The predicted molar refractivity (Wildman–Crippen MR) is 85.5 cm³/mol. The predicted octanol–water partition coefficient (Wildman–Crippen LogP) is 3.98. The van der Waals surface area contributed by atoms with Gasteiger partial charge < -0.3 is 10.6 Å². The van der Waals surface area contributed by atoms with Gasteiger partial charge in [0.15, 0.2) is 0 Å². The Balaban J connectivity index is 2.04. The molecule has 1 unspecified atom stereocenters. The van der Waals surface area contributed by atoms with Gasteiger partial charge in [-0.1, -0.05) is 0 Å². The Morgan fingerprint density at radius 3 is 2.50 bits per heavy atom. The van der Waals surface area contributed by atoms with Gasteiger partial charge in [-0.15, -0.1) is 11.3 Å². The number of hydrogen-bond donors (Lipinski definition) is 2. The number of nitrogens with one attached hydrogen (secondary N) is 2. The highest BCUT2D eigenvalue weighted by Crippen LogP contribution is 2.26. The van der Waals surface area contributed by atoms with Crippen LogP contribution in [0.1, 0.15) is 40.7 Å². The summed E-state index contributed by atoms with van der Waals surface area (Å²) in [6.45, 7) is 6.84. The molecule has 1 aromatic heterocycles. The molecule has 3 nitrogen and oxygen atoms in total. The number of carbonyl (C=O) groups is 1. The van der Waals surface area contributed by atoms with Crippen LogP contribution >= 0.6 is 11.3 Å². The van der Waals surface area contributed by atoms with E-state index in [0.717, 1.165) is 5.69 Å². The number of aryl methyl sites for hydroxylation is 1. The van der Waals surface area contributed by atoms with E-state index in [4.69, 9.17) is 0 Å². The maximum atomic E-state index is 11.7. The summed E-state index contributed by atoms with van der Waals surface area (Å²) in [7, 11) is 0. The highest BCUT2D eigenvalue weighted by atomic mass is 32.1. The molecule has 1 aromatic carbocycles. The van der Waals surface area contributed by atoms with E-state index >= 15 is 0 Å². The monoisotopic (exact) mass is 288 g/mol. The molecule has 1 amide bonds.